The Kier molecular flexibility index (Phi) is 4.76. The fraction of sp³-hybridized carbons (Fsp3) is 0.818. The van der Waals surface area contributed by atoms with Crippen molar-refractivity contribution in [3.63, 3.8) is 0 Å². The van der Waals surface area contributed by atoms with E-state index in [-0.39, 0.29) is 6.04 Å². The van der Waals surface area contributed by atoms with Crippen molar-refractivity contribution in [2.24, 2.45) is 5.73 Å². The van der Waals surface area contributed by atoms with Gasteiger partial charge in [0.25, 0.3) is 0 Å². The molecule has 0 radical (unpaired) electrons. The second kappa shape index (κ2) is 6.11. The molecule has 4 nitrogen and oxygen atoms in total. The number of rotatable bonds is 4. The van der Waals surface area contributed by atoms with Gasteiger partial charge in [-0.05, 0) is 6.92 Å². The van der Waals surface area contributed by atoms with Crippen LogP contribution in [0, 0.1) is 0 Å². The minimum Gasteiger partial charge on any atom is -0.326 e. The summed E-state index contributed by atoms with van der Waals surface area (Å²) >= 11 is 4.04. The number of nitrogens with zero attached hydrogens (tertiary/aromatic N) is 3. The third-order valence-corrected chi connectivity index (χ3v) is 6.34. The van der Waals surface area contributed by atoms with Gasteiger partial charge in [0.15, 0.2) is 0 Å². The third-order valence-electron chi connectivity index (χ3n) is 3.07. The number of hydrogen-bond acceptors (Lipinski definition) is 5. The van der Waals surface area contributed by atoms with Gasteiger partial charge in [0.2, 0.25) is 0 Å². The van der Waals surface area contributed by atoms with Crippen molar-refractivity contribution >= 4 is 23.5 Å². The predicted octanol–water partition coefficient (Wildman–Crippen LogP) is 1.40. The Labute approximate surface area is 111 Å². The van der Waals surface area contributed by atoms with Crippen LogP contribution in [0.5, 0.6) is 0 Å². The van der Waals surface area contributed by atoms with E-state index in [0.29, 0.717) is 10.5 Å². The summed E-state index contributed by atoms with van der Waals surface area (Å²) < 4.78 is 1.94. The molecule has 17 heavy (non-hydrogen) atoms. The van der Waals surface area contributed by atoms with Gasteiger partial charge in [0.05, 0.1) is 0 Å². The molecule has 2 N–H and O–H groups in total. The minimum atomic E-state index is 0.178. The molecule has 0 bridgehead atoms. The Morgan fingerprint density at radius 3 is 3.00 bits per heavy atom. The molecule has 96 valence electrons. The SMILES string of the molecule is CCn1ncnc1CC(N)C1SCCSC1C. The van der Waals surface area contributed by atoms with E-state index >= 15 is 0 Å². The quantitative estimate of drug-likeness (QED) is 0.898. The van der Waals surface area contributed by atoms with E-state index in [0.717, 1.165) is 18.8 Å². The Balaban J connectivity index is 1.98. The van der Waals surface area contributed by atoms with E-state index in [1.807, 2.05) is 28.2 Å². The maximum atomic E-state index is 6.34. The maximum absolute atomic E-state index is 6.34. The molecule has 0 amide bonds. The number of aryl methyl sites for hydroxylation is 1. The molecule has 6 heteroatoms. The van der Waals surface area contributed by atoms with E-state index in [2.05, 4.69) is 23.9 Å². The molecule has 0 aliphatic carbocycles. The highest BCUT2D eigenvalue weighted by atomic mass is 32.2. The summed E-state index contributed by atoms with van der Waals surface area (Å²) in [5.74, 6) is 3.48. The van der Waals surface area contributed by atoms with Crippen LogP contribution in [-0.2, 0) is 13.0 Å². The van der Waals surface area contributed by atoms with Gasteiger partial charge in [-0.2, -0.15) is 28.6 Å². The second-order valence-corrected chi connectivity index (χ2v) is 7.04. The number of nitrogens with two attached hydrogens (primary N) is 1. The van der Waals surface area contributed by atoms with Crippen molar-refractivity contribution in [2.45, 2.75) is 43.4 Å². The van der Waals surface area contributed by atoms with E-state index in [4.69, 9.17) is 5.73 Å². The Hall–Kier alpha value is -0.200. The molecular formula is C11H20N4S2. The van der Waals surface area contributed by atoms with Gasteiger partial charge in [-0.3, -0.25) is 4.68 Å². The maximum Gasteiger partial charge on any atom is 0.138 e. The molecule has 1 aromatic heterocycles. The first kappa shape index (κ1) is 13.2. The number of aromatic nitrogens is 3. The van der Waals surface area contributed by atoms with Crippen LogP contribution in [0.4, 0.5) is 0 Å². The molecule has 2 rings (SSSR count). The monoisotopic (exact) mass is 272 g/mol. The number of thioether (sulfide) groups is 2. The normalized spacial score (nSPS) is 27.0. The molecule has 1 aliphatic rings. The zero-order chi connectivity index (χ0) is 12.3. The van der Waals surface area contributed by atoms with Gasteiger partial charge in [-0.1, -0.05) is 6.92 Å². The Bertz CT molecular complexity index is 355. The molecule has 0 saturated carbocycles. The lowest BCUT2D eigenvalue weighted by atomic mass is 10.1. The van der Waals surface area contributed by atoms with Gasteiger partial charge in [-0.15, -0.1) is 0 Å². The highest BCUT2D eigenvalue weighted by Gasteiger charge is 2.28. The predicted molar refractivity (Wildman–Crippen MR) is 75.5 cm³/mol. The molecule has 1 fully saturated rings. The van der Waals surface area contributed by atoms with Gasteiger partial charge < -0.3 is 5.73 Å². The lowest BCUT2D eigenvalue weighted by Crippen LogP contribution is -2.42. The first-order valence-corrected chi connectivity index (χ1v) is 8.17. The van der Waals surface area contributed by atoms with Crippen LogP contribution in [0.25, 0.3) is 0 Å². The zero-order valence-corrected chi connectivity index (χ0v) is 12.0. The first-order chi connectivity index (χ1) is 8.22. The molecule has 3 unspecified atom stereocenters. The van der Waals surface area contributed by atoms with E-state index in [1.165, 1.54) is 11.5 Å². The summed E-state index contributed by atoms with van der Waals surface area (Å²) in [6, 6.07) is 0.178. The average molecular weight is 272 g/mol. The van der Waals surface area contributed by atoms with Crippen molar-refractivity contribution in [1.29, 1.82) is 0 Å². The summed E-state index contributed by atoms with van der Waals surface area (Å²) in [5.41, 5.74) is 6.34. The van der Waals surface area contributed by atoms with E-state index in [1.54, 1.807) is 6.33 Å². The van der Waals surface area contributed by atoms with Crippen molar-refractivity contribution in [1.82, 2.24) is 14.8 Å². The zero-order valence-electron chi connectivity index (χ0n) is 10.4. The van der Waals surface area contributed by atoms with Crippen LogP contribution in [0.15, 0.2) is 6.33 Å². The topological polar surface area (TPSA) is 56.7 Å². The molecule has 2 heterocycles. The molecule has 3 atom stereocenters. The molecule has 0 spiro atoms. The van der Waals surface area contributed by atoms with Crippen LogP contribution in [-0.4, -0.2) is 42.8 Å². The fourth-order valence-corrected chi connectivity index (χ4v) is 5.05. The largest absolute Gasteiger partial charge is 0.326 e. The lowest BCUT2D eigenvalue weighted by Gasteiger charge is -2.32. The highest BCUT2D eigenvalue weighted by molar-refractivity contribution is 8.07. The van der Waals surface area contributed by atoms with E-state index < -0.39 is 0 Å². The van der Waals surface area contributed by atoms with Gasteiger partial charge in [0, 0.05) is 41.0 Å². The first-order valence-electron chi connectivity index (χ1n) is 6.07. The smallest absolute Gasteiger partial charge is 0.138 e. The summed E-state index contributed by atoms with van der Waals surface area (Å²) in [6.07, 6.45) is 2.45. The van der Waals surface area contributed by atoms with Crippen molar-refractivity contribution < 1.29 is 0 Å². The van der Waals surface area contributed by atoms with Crippen LogP contribution >= 0.6 is 23.5 Å². The molecule has 1 aromatic rings. The summed E-state index contributed by atoms with van der Waals surface area (Å²) in [7, 11) is 0. The molecule has 1 aliphatic heterocycles. The summed E-state index contributed by atoms with van der Waals surface area (Å²) in [5, 5.41) is 5.37. The third kappa shape index (κ3) is 3.17. The van der Waals surface area contributed by atoms with Gasteiger partial charge in [0.1, 0.15) is 12.2 Å². The average Bonchev–Trinajstić information content (AvgIpc) is 2.76. The molecule has 1 saturated heterocycles. The minimum absolute atomic E-state index is 0.178. The van der Waals surface area contributed by atoms with Crippen molar-refractivity contribution in [2.75, 3.05) is 11.5 Å². The summed E-state index contributed by atoms with van der Waals surface area (Å²) in [4.78, 5) is 4.30. The van der Waals surface area contributed by atoms with Crippen molar-refractivity contribution in [3.05, 3.63) is 12.2 Å². The lowest BCUT2D eigenvalue weighted by molar-refractivity contribution is 0.553. The second-order valence-electron chi connectivity index (χ2n) is 4.27. The Morgan fingerprint density at radius 1 is 1.53 bits per heavy atom. The molecule has 0 aromatic carbocycles. The van der Waals surface area contributed by atoms with Crippen LogP contribution in [0.3, 0.4) is 0 Å². The molecular weight excluding hydrogens is 252 g/mol. The standard InChI is InChI=1S/C11H20N4S2/c1-3-15-10(13-7-14-15)6-9(12)11-8(2)16-4-5-17-11/h7-9,11H,3-6,12H2,1-2H3. The van der Waals surface area contributed by atoms with Gasteiger partial charge in [-0.25, -0.2) is 4.98 Å². The fourth-order valence-electron chi connectivity index (χ4n) is 2.16. The van der Waals surface area contributed by atoms with Crippen LogP contribution < -0.4 is 5.73 Å². The van der Waals surface area contributed by atoms with Crippen LogP contribution in [0.1, 0.15) is 19.7 Å². The van der Waals surface area contributed by atoms with Gasteiger partial charge >= 0.3 is 0 Å². The highest BCUT2D eigenvalue weighted by Crippen LogP contribution is 2.33. The summed E-state index contributed by atoms with van der Waals surface area (Å²) in [6.45, 7) is 5.23. The van der Waals surface area contributed by atoms with E-state index in [9.17, 15) is 0 Å². The van der Waals surface area contributed by atoms with Crippen molar-refractivity contribution in [3.8, 4) is 0 Å². The Morgan fingerprint density at radius 2 is 2.29 bits per heavy atom. The number of hydrogen-bond donors (Lipinski definition) is 1. The van der Waals surface area contributed by atoms with Crippen LogP contribution in [0.2, 0.25) is 0 Å².